The fourth-order valence-electron chi connectivity index (χ4n) is 1.94. The third-order valence-electron chi connectivity index (χ3n) is 3.10. The zero-order valence-corrected chi connectivity index (χ0v) is 12.7. The summed E-state index contributed by atoms with van der Waals surface area (Å²) in [5, 5.41) is 18.2. The highest BCUT2D eigenvalue weighted by Crippen LogP contribution is 2.29. The Balaban J connectivity index is 2.41. The molecule has 2 N–H and O–H groups in total. The molecule has 0 aliphatic heterocycles. The monoisotopic (exact) mass is 317 g/mol. The number of hydrogen-bond donors (Lipinski definition) is 2. The number of rotatable bonds is 6. The number of aromatic nitrogens is 1. The summed E-state index contributed by atoms with van der Waals surface area (Å²) in [6, 6.07) is 7.98. The predicted octanol–water partition coefficient (Wildman–Crippen LogP) is 0.198. The summed E-state index contributed by atoms with van der Waals surface area (Å²) in [7, 11) is 1.20. The molecule has 1 aromatic heterocycles. The van der Waals surface area contributed by atoms with Crippen LogP contribution < -0.4 is 10.2 Å². The largest absolute Gasteiger partial charge is 0.490 e. The van der Waals surface area contributed by atoms with Gasteiger partial charge in [0.2, 0.25) is 0 Å². The molecule has 1 heterocycles. The number of benzene rings is 1. The molecule has 0 atom stereocenters. The van der Waals surface area contributed by atoms with E-state index in [4.69, 9.17) is 19.5 Å². The number of pyridine rings is 1. The maximum Gasteiger partial charge on any atom is 0.490 e. The number of carbonyl (C=O) groups excluding carboxylic acids is 1. The molecule has 1 aromatic carbocycles. The van der Waals surface area contributed by atoms with Gasteiger partial charge in [-0.05, 0) is 24.3 Å². The van der Waals surface area contributed by atoms with E-state index < -0.39 is 13.1 Å². The van der Waals surface area contributed by atoms with Gasteiger partial charge in [0.1, 0.15) is 5.75 Å². The van der Waals surface area contributed by atoms with Gasteiger partial charge in [0.25, 0.3) is 0 Å². The highest BCUT2D eigenvalue weighted by molar-refractivity contribution is 6.58. The van der Waals surface area contributed by atoms with Gasteiger partial charge in [-0.25, -0.2) is 4.79 Å². The third-order valence-corrected chi connectivity index (χ3v) is 3.10. The van der Waals surface area contributed by atoms with Crippen molar-refractivity contribution in [1.29, 1.82) is 0 Å². The fraction of sp³-hybridized carbons (Fsp3) is 0.200. The maximum atomic E-state index is 11.6. The van der Waals surface area contributed by atoms with Gasteiger partial charge in [-0.15, -0.1) is 0 Å². The minimum atomic E-state index is -1.58. The van der Waals surface area contributed by atoms with Gasteiger partial charge in [-0.1, -0.05) is 6.07 Å². The lowest BCUT2D eigenvalue weighted by atomic mass is 9.81. The molecule has 2 rings (SSSR count). The van der Waals surface area contributed by atoms with Crippen molar-refractivity contribution in [3.8, 4) is 17.0 Å². The van der Waals surface area contributed by atoms with E-state index in [1.165, 1.54) is 26.5 Å². The highest BCUT2D eigenvalue weighted by Gasteiger charge is 2.15. The summed E-state index contributed by atoms with van der Waals surface area (Å²) in [4.78, 5) is 15.8. The van der Waals surface area contributed by atoms with E-state index >= 15 is 0 Å². The minimum Gasteiger partial charge on any atom is -0.467 e. The second kappa shape index (κ2) is 7.73. The molecule has 0 spiro atoms. The van der Waals surface area contributed by atoms with E-state index in [2.05, 4.69) is 9.72 Å². The Bertz CT molecular complexity index is 674. The van der Waals surface area contributed by atoms with Crippen molar-refractivity contribution in [2.45, 2.75) is 0 Å². The summed E-state index contributed by atoms with van der Waals surface area (Å²) in [6.07, 6.45) is 1.36. The normalized spacial score (nSPS) is 10.3. The van der Waals surface area contributed by atoms with Crippen molar-refractivity contribution in [3.63, 3.8) is 0 Å². The lowest BCUT2D eigenvalue weighted by Gasteiger charge is -2.12. The average molecular weight is 317 g/mol. The number of ether oxygens (including phenoxy) is 3. The Kier molecular flexibility index (Phi) is 5.69. The molecule has 0 bridgehead atoms. The summed E-state index contributed by atoms with van der Waals surface area (Å²) in [5.74, 6) is -0.0786. The predicted molar refractivity (Wildman–Crippen MR) is 83.3 cm³/mol. The third kappa shape index (κ3) is 4.07. The molecule has 2 aromatic rings. The standard InChI is InChI=1S/C15H16BNO6/c1-21-9-23-14-7-10(15(18)22-2)3-5-12(14)13-6-4-11(8-17-13)16(19)20/h3-8,19-20H,9H2,1-2H3. The smallest absolute Gasteiger partial charge is 0.467 e. The second-order valence-electron chi connectivity index (χ2n) is 4.60. The van der Waals surface area contributed by atoms with Crippen LogP contribution in [0.2, 0.25) is 0 Å². The first-order valence-electron chi connectivity index (χ1n) is 6.73. The van der Waals surface area contributed by atoms with E-state index in [1.54, 1.807) is 24.3 Å². The van der Waals surface area contributed by atoms with Crippen molar-refractivity contribution in [2.75, 3.05) is 21.0 Å². The lowest BCUT2D eigenvalue weighted by Crippen LogP contribution is -2.29. The summed E-state index contributed by atoms with van der Waals surface area (Å²) in [6.45, 7) is 0.00502. The van der Waals surface area contributed by atoms with Crippen LogP contribution in [0.1, 0.15) is 10.4 Å². The van der Waals surface area contributed by atoms with Crippen LogP contribution in [0.4, 0.5) is 0 Å². The van der Waals surface area contributed by atoms with Crippen LogP contribution in [0.5, 0.6) is 5.75 Å². The van der Waals surface area contributed by atoms with Crippen molar-refractivity contribution in [3.05, 3.63) is 42.1 Å². The summed E-state index contributed by atoms with van der Waals surface area (Å²) >= 11 is 0. The number of hydrogen-bond acceptors (Lipinski definition) is 7. The summed E-state index contributed by atoms with van der Waals surface area (Å²) < 4.78 is 15.1. The van der Waals surface area contributed by atoms with Gasteiger partial charge in [0.15, 0.2) is 6.79 Å². The molecule has 0 aliphatic carbocycles. The molecule has 0 saturated carbocycles. The Morgan fingerprint density at radius 1 is 1.22 bits per heavy atom. The molecule has 120 valence electrons. The first-order valence-corrected chi connectivity index (χ1v) is 6.73. The first kappa shape index (κ1) is 16.9. The first-order chi connectivity index (χ1) is 11.1. The second-order valence-corrected chi connectivity index (χ2v) is 4.60. The van der Waals surface area contributed by atoms with Crippen molar-refractivity contribution < 1.29 is 29.1 Å². The van der Waals surface area contributed by atoms with E-state index in [1.807, 2.05) is 0 Å². The number of esters is 1. The molecular formula is C15H16BNO6. The Hall–Kier alpha value is -2.42. The molecule has 7 nitrogen and oxygen atoms in total. The molecule has 0 fully saturated rings. The Morgan fingerprint density at radius 3 is 2.57 bits per heavy atom. The zero-order valence-electron chi connectivity index (χ0n) is 12.7. The maximum absolute atomic E-state index is 11.6. The Morgan fingerprint density at radius 2 is 2.00 bits per heavy atom. The van der Waals surface area contributed by atoms with Gasteiger partial charge in [-0.2, -0.15) is 0 Å². The van der Waals surface area contributed by atoms with Gasteiger partial charge in [0, 0.05) is 24.3 Å². The van der Waals surface area contributed by atoms with E-state index in [0.29, 0.717) is 22.6 Å². The Labute approximate surface area is 133 Å². The molecule has 0 amide bonds. The number of nitrogens with zero attached hydrogens (tertiary/aromatic N) is 1. The zero-order chi connectivity index (χ0) is 16.8. The van der Waals surface area contributed by atoms with Crippen LogP contribution in [-0.4, -0.2) is 49.1 Å². The highest BCUT2D eigenvalue weighted by atomic mass is 16.7. The minimum absolute atomic E-state index is 0.00502. The van der Waals surface area contributed by atoms with Crippen LogP contribution in [0.25, 0.3) is 11.3 Å². The van der Waals surface area contributed by atoms with Crippen molar-refractivity contribution in [1.82, 2.24) is 4.98 Å². The molecule has 0 radical (unpaired) electrons. The van der Waals surface area contributed by atoms with Crippen LogP contribution in [0.3, 0.4) is 0 Å². The van der Waals surface area contributed by atoms with Gasteiger partial charge >= 0.3 is 13.1 Å². The quantitative estimate of drug-likeness (QED) is 0.446. The molecule has 23 heavy (non-hydrogen) atoms. The SMILES string of the molecule is COCOc1cc(C(=O)OC)ccc1-c1ccc(B(O)O)cn1. The topological polar surface area (TPSA) is 98.1 Å². The van der Waals surface area contributed by atoms with Crippen molar-refractivity contribution >= 4 is 18.6 Å². The van der Waals surface area contributed by atoms with E-state index in [0.717, 1.165) is 0 Å². The van der Waals surface area contributed by atoms with Crippen molar-refractivity contribution in [2.24, 2.45) is 0 Å². The van der Waals surface area contributed by atoms with Gasteiger partial charge in [0.05, 0.1) is 18.4 Å². The molecule has 0 unspecified atom stereocenters. The number of carbonyl (C=O) groups is 1. The van der Waals surface area contributed by atoms with Gasteiger partial charge in [-0.3, -0.25) is 4.98 Å². The lowest BCUT2D eigenvalue weighted by molar-refractivity contribution is 0.0507. The molecule has 8 heteroatoms. The molecule has 0 saturated heterocycles. The molecular weight excluding hydrogens is 301 g/mol. The van der Waals surface area contributed by atoms with Crippen LogP contribution in [0, 0.1) is 0 Å². The fourth-order valence-corrected chi connectivity index (χ4v) is 1.94. The number of methoxy groups -OCH3 is 2. The van der Waals surface area contributed by atoms with Crippen LogP contribution >= 0.6 is 0 Å². The van der Waals surface area contributed by atoms with E-state index in [-0.39, 0.29) is 12.3 Å². The molecule has 0 aliphatic rings. The van der Waals surface area contributed by atoms with E-state index in [9.17, 15) is 4.79 Å². The van der Waals surface area contributed by atoms with Crippen LogP contribution in [-0.2, 0) is 9.47 Å². The summed E-state index contributed by atoms with van der Waals surface area (Å²) in [5.41, 5.74) is 1.80. The average Bonchev–Trinajstić information content (AvgIpc) is 2.59. The van der Waals surface area contributed by atoms with Gasteiger partial charge < -0.3 is 24.3 Å². The van der Waals surface area contributed by atoms with Crippen LogP contribution in [0.15, 0.2) is 36.5 Å².